The van der Waals surface area contributed by atoms with Crippen LogP contribution in [0.3, 0.4) is 0 Å². The maximum absolute atomic E-state index is 10.2. The van der Waals surface area contributed by atoms with Crippen molar-refractivity contribution in [3.05, 3.63) is 80.1 Å². The number of hydrogen-bond donors (Lipinski definition) is 2. The van der Waals surface area contributed by atoms with Crippen LogP contribution in [0.1, 0.15) is 32.3 Å². The van der Waals surface area contributed by atoms with Gasteiger partial charge in [0, 0.05) is 31.5 Å². The standard InChI is InChI=1S/C8H8.C5H8O3.C5H8O2.C4H7NO.C4H6O2/c1-2-8-6-4-3-5-7-8;1-2-5(7)8-4-3-6;1-4(2)5(6)7-3;6-4-2-1-3-5-4;1-3-6-4(2)5/h2-7H,1H2;2,6H,1,3-4H2;1H2,2-3H3;1-3H2,(H,5,6);3H,1H2,2H3. The Kier molecular flexibility index (Phi) is 26.7. The van der Waals surface area contributed by atoms with Crippen LogP contribution in [0.4, 0.5) is 0 Å². The van der Waals surface area contributed by atoms with E-state index in [4.69, 9.17) is 5.11 Å². The van der Waals surface area contributed by atoms with E-state index in [1.807, 2.05) is 36.4 Å². The Hall–Kier alpha value is -3.98. The lowest BCUT2D eigenvalue weighted by molar-refractivity contribution is -0.139. The van der Waals surface area contributed by atoms with E-state index in [1.165, 1.54) is 19.6 Å². The summed E-state index contributed by atoms with van der Waals surface area (Å²) in [7, 11) is 1.33. The summed E-state index contributed by atoms with van der Waals surface area (Å²) in [5.74, 6) is -0.973. The topological polar surface area (TPSA) is 128 Å². The minimum Gasteiger partial charge on any atom is -0.466 e. The molecule has 1 heterocycles. The number of methoxy groups -OCH3 is 1. The molecule has 1 aromatic carbocycles. The maximum Gasteiger partial charge on any atom is 0.332 e. The Labute approximate surface area is 207 Å². The number of rotatable bonds is 6. The molecule has 1 aliphatic heterocycles. The van der Waals surface area contributed by atoms with E-state index in [9.17, 15) is 19.2 Å². The zero-order valence-electron chi connectivity index (χ0n) is 20.8. The summed E-state index contributed by atoms with van der Waals surface area (Å²) in [6.45, 7) is 17.0. The van der Waals surface area contributed by atoms with Crippen LogP contribution < -0.4 is 5.32 Å². The SMILES string of the molecule is C=C(C)C(=O)OC.C=CC(=O)OCCO.C=COC(C)=O.C=Cc1ccccc1.O=C1CCCN1. The van der Waals surface area contributed by atoms with Crippen LogP contribution in [0, 0.1) is 0 Å². The second kappa shape index (κ2) is 26.3. The molecule has 2 N–H and O–H groups in total. The number of hydrogen-bond acceptors (Lipinski definition) is 8. The molecule has 194 valence electrons. The first-order chi connectivity index (χ1) is 16.6. The molecule has 0 saturated carbocycles. The van der Waals surface area contributed by atoms with E-state index in [0.717, 1.165) is 31.7 Å². The lowest BCUT2D eigenvalue weighted by Gasteiger charge is -1.94. The highest BCUT2D eigenvalue weighted by atomic mass is 16.5. The van der Waals surface area contributed by atoms with E-state index >= 15 is 0 Å². The van der Waals surface area contributed by atoms with Gasteiger partial charge in [0.2, 0.25) is 5.91 Å². The van der Waals surface area contributed by atoms with Gasteiger partial charge in [-0.2, -0.15) is 0 Å². The van der Waals surface area contributed by atoms with Crippen LogP contribution >= 0.6 is 0 Å². The van der Waals surface area contributed by atoms with E-state index < -0.39 is 5.97 Å². The van der Waals surface area contributed by atoms with Crippen molar-refractivity contribution in [1.82, 2.24) is 5.32 Å². The minimum absolute atomic E-state index is 0.0465. The zero-order chi connectivity index (χ0) is 27.5. The van der Waals surface area contributed by atoms with Crippen LogP contribution in [0.25, 0.3) is 6.08 Å². The highest BCUT2D eigenvalue weighted by molar-refractivity contribution is 5.86. The maximum atomic E-state index is 10.2. The summed E-state index contributed by atoms with van der Waals surface area (Å²) < 4.78 is 12.8. The van der Waals surface area contributed by atoms with Gasteiger partial charge in [-0.15, -0.1) is 0 Å². The van der Waals surface area contributed by atoms with E-state index in [0.29, 0.717) is 5.57 Å². The molecule has 1 fully saturated rings. The summed E-state index contributed by atoms with van der Waals surface area (Å²) in [4.78, 5) is 40.2. The number of nitrogens with one attached hydrogen (secondary N) is 1. The Morgan fingerprint density at radius 3 is 1.91 bits per heavy atom. The highest BCUT2D eigenvalue weighted by Gasteiger charge is 2.05. The van der Waals surface area contributed by atoms with E-state index in [1.54, 1.807) is 6.92 Å². The molecule has 0 spiro atoms. The largest absolute Gasteiger partial charge is 0.466 e. The molecule has 9 nitrogen and oxygen atoms in total. The van der Waals surface area contributed by atoms with Crippen molar-refractivity contribution in [1.29, 1.82) is 0 Å². The van der Waals surface area contributed by atoms with Gasteiger partial charge in [-0.05, 0) is 18.9 Å². The first-order valence-corrected chi connectivity index (χ1v) is 10.5. The summed E-state index contributed by atoms with van der Waals surface area (Å²) in [5.41, 5.74) is 1.61. The molecule has 1 aliphatic rings. The van der Waals surface area contributed by atoms with Gasteiger partial charge >= 0.3 is 17.9 Å². The summed E-state index contributed by atoms with van der Waals surface area (Å²) in [6, 6.07) is 10.0. The molecule has 0 aromatic heterocycles. The van der Waals surface area contributed by atoms with Crippen LogP contribution in [0.2, 0.25) is 0 Å². The molecule has 0 radical (unpaired) electrons. The first-order valence-electron chi connectivity index (χ1n) is 10.5. The van der Waals surface area contributed by atoms with Gasteiger partial charge in [-0.3, -0.25) is 9.59 Å². The molecule has 1 saturated heterocycles. The average Bonchev–Trinajstić information content (AvgIpc) is 3.34. The van der Waals surface area contributed by atoms with Gasteiger partial charge in [0.15, 0.2) is 0 Å². The van der Waals surface area contributed by atoms with Crippen molar-refractivity contribution in [3.8, 4) is 0 Å². The fourth-order valence-corrected chi connectivity index (χ4v) is 1.65. The fraction of sp³-hybridized carbons (Fsp3) is 0.308. The number of carbonyl (C=O) groups is 4. The Morgan fingerprint density at radius 2 is 1.71 bits per heavy atom. The van der Waals surface area contributed by atoms with E-state index in [-0.39, 0.29) is 31.1 Å². The highest BCUT2D eigenvalue weighted by Crippen LogP contribution is 1.97. The van der Waals surface area contributed by atoms with E-state index in [2.05, 4.69) is 45.8 Å². The van der Waals surface area contributed by atoms with Gasteiger partial charge in [0.05, 0.1) is 20.0 Å². The molecule has 0 atom stereocenters. The predicted octanol–water partition coefficient (Wildman–Crippen LogP) is 3.36. The van der Waals surface area contributed by atoms with Crippen molar-refractivity contribution in [2.45, 2.75) is 26.7 Å². The molecule has 0 aliphatic carbocycles. The van der Waals surface area contributed by atoms with Crippen molar-refractivity contribution >= 4 is 29.9 Å². The number of amides is 1. The summed E-state index contributed by atoms with van der Waals surface area (Å²) >= 11 is 0. The smallest absolute Gasteiger partial charge is 0.332 e. The van der Waals surface area contributed by atoms with Crippen molar-refractivity contribution < 1.29 is 38.5 Å². The van der Waals surface area contributed by atoms with Crippen LogP contribution in [0.5, 0.6) is 0 Å². The number of ether oxygens (including phenoxy) is 3. The molecule has 2 rings (SSSR count). The Bertz CT molecular complexity index is 780. The minimum atomic E-state index is -0.501. The van der Waals surface area contributed by atoms with Crippen molar-refractivity contribution in [2.24, 2.45) is 0 Å². The molecular weight excluding hydrogens is 454 g/mol. The van der Waals surface area contributed by atoms with Crippen LogP contribution in [-0.4, -0.2) is 55.8 Å². The summed E-state index contributed by atoms with van der Waals surface area (Å²) in [5, 5.41) is 10.8. The molecule has 0 bridgehead atoms. The number of aliphatic hydroxyl groups is 1. The van der Waals surface area contributed by atoms with Gasteiger partial charge in [-0.25, -0.2) is 9.59 Å². The lowest BCUT2D eigenvalue weighted by Crippen LogP contribution is -2.12. The van der Waals surface area contributed by atoms with Gasteiger partial charge in [0.1, 0.15) is 6.61 Å². The van der Waals surface area contributed by atoms with Crippen molar-refractivity contribution in [3.63, 3.8) is 0 Å². The van der Waals surface area contributed by atoms with Crippen LogP contribution in [0.15, 0.2) is 74.6 Å². The lowest BCUT2D eigenvalue weighted by atomic mass is 10.2. The normalized spacial score (nSPS) is 10.1. The zero-order valence-corrected chi connectivity index (χ0v) is 20.8. The third-order valence-corrected chi connectivity index (χ3v) is 3.22. The molecular formula is C26H37NO8. The number of aliphatic hydroxyl groups excluding tert-OH is 1. The third kappa shape index (κ3) is 30.0. The molecule has 35 heavy (non-hydrogen) atoms. The monoisotopic (exact) mass is 491 g/mol. The predicted molar refractivity (Wildman–Crippen MR) is 136 cm³/mol. The first kappa shape index (κ1) is 35.6. The molecule has 1 aromatic rings. The molecule has 1 amide bonds. The molecule has 9 heteroatoms. The van der Waals surface area contributed by atoms with Gasteiger partial charge < -0.3 is 24.6 Å². The summed E-state index contributed by atoms with van der Waals surface area (Å²) in [6.07, 6.45) is 5.75. The number of carbonyl (C=O) groups excluding carboxylic acids is 4. The number of benzene rings is 1. The third-order valence-electron chi connectivity index (χ3n) is 3.22. The fourth-order valence-electron chi connectivity index (χ4n) is 1.65. The Morgan fingerprint density at radius 1 is 1.11 bits per heavy atom. The van der Waals surface area contributed by atoms with Gasteiger partial charge in [-0.1, -0.05) is 62.7 Å². The van der Waals surface area contributed by atoms with Crippen LogP contribution in [-0.2, 0) is 33.4 Å². The molecule has 0 unspecified atom stereocenters. The number of esters is 3. The Balaban J connectivity index is -0.000000368. The quantitative estimate of drug-likeness (QED) is 0.268. The second-order valence-corrected chi connectivity index (χ2v) is 6.21. The van der Waals surface area contributed by atoms with Crippen molar-refractivity contribution in [2.75, 3.05) is 26.9 Å². The van der Waals surface area contributed by atoms with Gasteiger partial charge in [0.25, 0.3) is 0 Å². The average molecular weight is 492 g/mol. The second-order valence-electron chi connectivity index (χ2n) is 6.21.